The molecule has 1 aromatic heterocycles. The van der Waals surface area contributed by atoms with Crippen molar-refractivity contribution < 1.29 is 0 Å². The van der Waals surface area contributed by atoms with Crippen LogP contribution < -0.4 is 5.32 Å². The van der Waals surface area contributed by atoms with Gasteiger partial charge < -0.3 is 5.32 Å². The number of aromatic nitrogens is 4. The van der Waals surface area contributed by atoms with Crippen LogP contribution in [0.25, 0.3) is 11.4 Å². The summed E-state index contributed by atoms with van der Waals surface area (Å²) < 4.78 is 1.69. The quantitative estimate of drug-likeness (QED) is 0.894. The summed E-state index contributed by atoms with van der Waals surface area (Å²) in [6.07, 6.45) is 3.89. The van der Waals surface area contributed by atoms with Gasteiger partial charge in [-0.3, -0.25) is 0 Å². The third-order valence-corrected chi connectivity index (χ3v) is 3.72. The van der Waals surface area contributed by atoms with Crippen LogP contribution in [-0.4, -0.2) is 26.2 Å². The molecule has 1 aromatic carbocycles. The van der Waals surface area contributed by atoms with Crippen LogP contribution in [0.1, 0.15) is 26.2 Å². The summed E-state index contributed by atoms with van der Waals surface area (Å²) in [5.41, 5.74) is 2.20. The first kappa shape index (κ1) is 12.1. The Kier molecular flexibility index (Phi) is 3.19. The van der Waals surface area contributed by atoms with Gasteiger partial charge in [0.2, 0.25) is 0 Å². The average molecular weight is 257 g/mol. The number of tetrazole rings is 1. The molecule has 1 fully saturated rings. The average Bonchev–Trinajstić information content (AvgIpc) is 3.18. The lowest BCUT2D eigenvalue weighted by Gasteiger charge is -2.18. The number of hydrogen-bond donors (Lipinski definition) is 1. The van der Waals surface area contributed by atoms with Gasteiger partial charge >= 0.3 is 0 Å². The lowest BCUT2D eigenvalue weighted by Crippen LogP contribution is -2.20. The first-order valence-electron chi connectivity index (χ1n) is 6.87. The van der Waals surface area contributed by atoms with Crippen LogP contribution in [0.15, 0.2) is 24.3 Å². The summed E-state index contributed by atoms with van der Waals surface area (Å²) in [7, 11) is 1.86. The van der Waals surface area contributed by atoms with Gasteiger partial charge in [0.1, 0.15) is 0 Å². The van der Waals surface area contributed by atoms with Gasteiger partial charge in [-0.05, 0) is 47.7 Å². The molecule has 3 rings (SSSR count). The minimum atomic E-state index is 0.591. The Morgan fingerprint density at radius 1 is 1.42 bits per heavy atom. The molecule has 1 unspecified atom stereocenters. The van der Waals surface area contributed by atoms with Crippen molar-refractivity contribution in [3.8, 4) is 11.4 Å². The summed E-state index contributed by atoms with van der Waals surface area (Å²) in [5, 5.41) is 15.2. The molecule has 0 bridgehead atoms. The minimum Gasteiger partial charge on any atom is -0.382 e. The van der Waals surface area contributed by atoms with E-state index in [-0.39, 0.29) is 0 Å². The second-order valence-corrected chi connectivity index (χ2v) is 5.20. The molecule has 19 heavy (non-hydrogen) atoms. The predicted molar refractivity (Wildman–Crippen MR) is 74.7 cm³/mol. The normalized spacial score (nSPS) is 16.3. The number of nitrogens with zero attached hydrogens (tertiary/aromatic N) is 4. The summed E-state index contributed by atoms with van der Waals surface area (Å²) in [4.78, 5) is 0. The van der Waals surface area contributed by atoms with Crippen LogP contribution in [0.2, 0.25) is 0 Å². The van der Waals surface area contributed by atoms with Gasteiger partial charge in [0, 0.05) is 24.3 Å². The van der Waals surface area contributed by atoms with Gasteiger partial charge in [-0.25, -0.2) is 4.68 Å². The van der Waals surface area contributed by atoms with Gasteiger partial charge in [0.05, 0.1) is 0 Å². The number of benzene rings is 1. The third-order valence-electron chi connectivity index (χ3n) is 3.72. The molecular formula is C14H19N5. The van der Waals surface area contributed by atoms with Crippen molar-refractivity contribution in [2.45, 2.75) is 32.2 Å². The zero-order valence-electron chi connectivity index (χ0n) is 11.4. The molecule has 5 nitrogen and oxygen atoms in total. The van der Waals surface area contributed by atoms with Gasteiger partial charge in [0.15, 0.2) is 5.82 Å². The molecule has 5 heteroatoms. The monoisotopic (exact) mass is 257 g/mol. The highest BCUT2D eigenvalue weighted by Gasteiger charge is 2.29. The minimum absolute atomic E-state index is 0.591. The molecule has 0 saturated heterocycles. The van der Waals surface area contributed by atoms with E-state index in [1.54, 1.807) is 4.68 Å². The van der Waals surface area contributed by atoms with E-state index in [9.17, 15) is 0 Å². The summed E-state index contributed by atoms with van der Waals surface area (Å²) >= 11 is 0. The maximum atomic E-state index is 4.05. The number of nitrogens with one attached hydrogen (secondary N) is 1. The van der Waals surface area contributed by atoms with Crippen molar-refractivity contribution in [3.05, 3.63) is 24.3 Å². The lowest BCUT2D eigenvalue weighted by atomic mass is 10.1. The Balaban J connectivity index is 1.81. The van der Waals surface area contributed by atoms with Crippen LogP contribution in [-0.2, 0) is 7.05 Å². The zero-order chi connectivity index (χ0) is 13.2. The van der Waals surface area contributed by atoms with Gasteiger partial charge in [-0.15, -0.1) is 5.10 Å². The van der Waals surface area contributed by atoms with E-state index in [2.05, 4.69) is 39.9 Å². The highest BCUT2D eigenvalue weighted by atomic mass is 15.5. The molecule has 1 N–H and O–H groups in total. The molecule has 0 aliphatic heterocycles. The van der Waals surface area contributed by atoms with Crippen LogP contribution in [0.3, 0.4) is 0 Å². The van der Waals surface area contributed by atoms with E-state index in [0.29, 0.717) is 6.04 Å². The smallest absolute Gasteiger partial charge is 0.181 e. The summed E-state index contributed by atoms with van der Waals surface area (Å²) in [5.74, 6) is 1.65. The Bertz CT molecular complexity index is 558. The topological polar surface area (TPSA) is 55.6 Å². The number of rotatable bonds is 5. The second kappa shape index (κ2) is 4.99. The molecule has 1 saturated carbocycles. The number of anilines is 1. The van der Waals surface area contributed by atoms with Crippen LogP contribution >= 0.6 is 0 Å². The maximum absolute atomic E-state index is 4.05. The van der Waals surface area contributed by atoms with E-state index < -0.39 is 0 Å². The molecule has 1 aliphatic rings. The SMILES string of the molecule is CCC(Nc1cccc(-c2nnnn2C)c1)C1CC1. The van der Waals surface area contributed by atoms with Gasteiger partial charge in [-0.2, -0.15) is 0 Å². The van der Waals surface area contributed by atoms with Crippen LogP contribution in [0.5, 0.6) is 0 Å². The molecule has 100 valence electrons. The Hall–Kier alpha value is -1.91. The van der Waals surface area contributed by atoms with Crippen LogP contribution in [0, 0.1) is 5.92 Å². The number of hydrogen-bond acceptors (Lipinski definition) is 4. The molecule has 1 aliphatic carbocycles. The van der Waals surface area contributed by atoms with Crippen molar-refractivity contribution in [2.75, 3.05) is 5.32 Å². The Morgan fingerprint density at radius 3 is 2.89 bits per heavy atom. The molecule has 1 heterocycles. The number of aryl methyl sites for hydroxylation is 1. The van der Waals surface area contributed by atoms with Crippen LogP contribution in [0.4, 0.5) is 5.69 Å². The Morgan fingerprint density at radius 2 is 2.26 bits per heavy atom. The van der Waals surface area contributed by atoms with Crippen molar-refractivity contribution in [1.82, 2.24) is 20.2 Å². The second-order valence-electron chi connectivity index (χ2n) is 5.20. The Labute approximate surface area is 113 Å². The lowest BCUT2D eigenvalue weighted by molar-refractivity contribution is 0.616. The first-order valence-corrected chi connectivity index (χ1v) is 6.87. The molecule has 0 spiro atoms. The maximum Gasteiger partial charge on any atom is 0.181 e. The largest absolute Gasteiger partial charge is 0.382 e. The van der Waals surface area contributed by atoms with E-state index in [1.165, 1.54) is 19.3 Å². The first-order chi connectivity index (χ1) is 9.28. The standard InChI is InChI=1S/C14H19N5/c1-3-13(10-7-8-10)15-12-6-4-5-11(9-12)14-16-17-18-19(14)2/h4-6,9-10,13,15H,3,7-8H2,1-2H3. The third kappa shape index (κ3) is 2.59. The van der Waals surface area contributed by atoms with Crippen molar-refractivity contribution >= 4 is 5.69 Å². The fourth-order valence-electron chi connectivity index (χ4n) is 2.49. The van der Waals surface area contributed by atoms with E-state index in [4.69, 9.17) is 0 Å². The summed E-state index contributed by atoms with van der Waals surface area (Å²) in [6, 6.07) is 8.91. The highest BCUT2D eigenvalue weighted by molar-refractivity contribution is 5.62. The molecule has 1 atom stereocenters. The molecule has 0 radical (unpaired) electrons. The van der Waals surface area contributed by atoms with Crippen molar-refractivity contribution in [1.29, 1.82) is 0 Å². The van der Waals surface area contributed by atoms with Gasteiger partial charge in [0.25, 0.3) is 0 Å². The van der Waals surface area contributed by atoms with Gasteiger partial charge in [-0.1, -0.05) is 19.1 Å². The highest BCUT2D eigenvalue weighted by Crippen LogP contribution is 2.35. The van der Waals surface area contributed by atoms with E-state index in [1.807, 2.05) is 19.2 Å². The zero-order valence-corrected chi connectivity index (χ0v) is 11.4. The fourth-order valence-corrected chi connectivity index (χ4v) is 2.49. The van der Waals surface area contributed by atoms with Crippen molar-refractivity contribution in [3.63, 3.8) is 0 Å². The molecule has 0 amide bonds. The molecule has 2 aromatic rings. The van der Waals surface area contributed by atoms with E-state index >= 15 is 0 Å². The summed E-state index contributed by atoms with van der Waals surface area (Å²) in [6.45, 7) is 2.24. The van der Waals surface area contributed by atoms with E-state index in [0.717, 1.165) is 23.0 Å². The predicted octanol–water partition coefficient (Wildman–Crippen LogP) is 2.48. The fraction of sp³-hybridized carbons (Fsp3) is 0.500. The van der Waals surface area contributed by atoms with Crippen molar-refractivity contribution in [2.24, 2.45) is 13.0 Å². The molecular weight excluding hydrogens is 238 g/mol.